The molecule has 0 aromatic heterocycles. The van der Waals surface area contributed by atoms with Crippen molar-refractivity contribution in [1.29, 1.82) is 0 Å². The predicted octanol–water partition coefficient (Wildman–Crippen LogP) is 4.05. The Morgan fingerprint density at radius 3 is 1.85 bits per heavy atom. The Bertz CT molecular complexity index is 900. The number of rotatable bonds is 16. The van der Waals surface area contributed by atoms with Crippen LogP contribution >= 0.6 is 0 Å². The molecule has 2 rings (SSSR count). The third-order valence-corrected chi connectivity index (χ3v) is 6.55. The SMILES string of the molecule is CCCCCCCCCCCCCCc1cc(S(=O)(=O)O)c([O-])cc1Oc1ccccc1.[K+]. The summed E-state index contributed by atoms with van der Waals surface area (Å²) in [6.45, 7) is 2.24. The zero-order valence-electron chi connectivity index (χ0n) is 20.2. The van der Waals surface area contributed by atoms with E-state index < -0.39 is 20.8 Å². The maximum Gasteiger partial charge on any atom is 1.00 e. The molecule has 0 aliphatic rings. The van der Waals surface area contributed by atoms with Crippen molar-refractivity contribution >= 4 is 10.1 Å². The molecule has 33 heavy (non-hydrogen) atoms. The van der Waals surface area contributed by atoms with Crippen molar-refractivity contribution in [2.24, 2.45) is 0 Å². The molecular formula is C26H37KO5S. The second-order valence-electron chi connectivity index (χ2n) is 8.44. The molecule has 0 amide bonds. The number of hydrogen-bond donors (Lipinski definition) is 1. The van der Waals surface area contributed by atoms with Crippen molar-refractivity contribution in [1.82, 2.24) is 0 Å². The Kier molecular flexibility index (Phi) is 15.9. The van der Waals surface area contributed by atoms with Crippen LogP contribution in [0.25, 0.3) is 0 Å². The second kappa shape index (κ2) is 17.1. The van der Waals surface area contributed by atoms with Crippen molar-refractivity contribution < 1.29 is 74.2 Å². The van der Waals surface area contributed by atoms with Crippen molar-refractivity contribution in [2.45, 2.75) is 95.3 Å². The van der Waals surface area contributed by atoms with Gasteiger partial charge in [-0.2, -0.15) is 8.42 Å². The summed E-state index contributed by atoms with van der Waals surface area (Å²) >= 11 is 0. The Labute approximate surface area is 242 Å². The predicted molar refractivity (Wildman–Crippen MR) is 127 cm³/mol. The molecule has 0 aliphatic carbocycles. The summed E-state index contributed by atoms with van der Waals surface area (Å²) < 4.78 is 38.3. The Balaban J connectivity index is 0.00000544. The van der Waals surface area contributed by atoms with E-state index in [1.54, 1.807) is 12.1 Å². The molecule has 0 aliphatic heterocycles. The Morgan fingerprint density at radius 1 is 0.818 bits per heavy atom. The first-order chi connectivity index (χ1) is 15.4. The van der Waals surface area contributed by atoms with Crippen LogP contribution in [0.15, 0.2) is 47.4 Å². The van der Waals surface area contributed by atoms with Gasteiger partial charge in [-0.05, 0) is 42.7 Å². The number of unbranched alkanes of at least 4 members (excludes halogenated alkanes) is 11. The summed E-state index contributed by atoms with van der Waals surface area (Å²) in [6.07, 6.45) is 15.4. The van der Waals surface area contributed by atoms with Gasteiger partial charge >= 0.3 is 51.4 Å². The number of aryl methyl sites for hydroxylation is 1. The van der Waals surface area contributed by atoms with Gasteiger partial charge in [0.15, 0.2) is 0 Å². The summed E-state index contributed by atoms with van der Waals surface area (Å²) in [5.41, 5.74) is 0.619. The fraction of sp³-hybridized carbons (Fsp3) is 0.538. The topological polar surface area (TPSA) is 86.7 Å². The summed E-state index contributed by atoms with van der Waals surface area (Å²) in [5.74, 6) is 0.149. The zero-order valence-corrected chi connectivity index (χ0v) is 24.2. The van der Waals surface area contributed by atoms with Crippen LogP contribution in [0, 0.1) is 0 Å². The van der Waals surface area contributed by atoms with Crippen LogP contribution in [0.2, 0.25) is 0 Å². The average Bonchev–Trinajstić information content (AvgIpc) is 2.75. The van der Waals surface area contributed by atoms with E-state index in [-0.39, 0.29) is 51.4 Å². The molecule has 0 saturated carbocycles. The van der Waals surface area contributed by atoms with E-state index in [2.05, 4.69) is 6.92 Å². The third kappa shape index (κ3) is 12.2. The first kappa shape index (κ1) is 30.6. The van der Waals surface area contributed by atoms with E-state index in [4.69, 9.17) is 4.74 Å². The molecule has 2 aromatic carbocycles. The van der Waals surface area contributed by atoms with Gasteiger partial charge in [0.05, 0.1) is 4.90 Å². The van der Waals surface area contributed by atoms with Gasteiger partial charge in [-0.1, -0.05) is 102 Å². The number of ether oxygens (including phenoxy) is 1. The van der Waals surface area contributed by atoms with E-state index in [1.165, 1.54) is 63.9 Å². The minimum atomic E-state index is -4.57. The van der Waals surface area contributed by atoms with Crippen LogP contribution in [-0.4, -0.2) is 13.0 Å². The van der Waals surface area contributed by atoms with Gasteiger partial charge in [0.25, 0.3) is 10.1 Å². The van der Waals surface area contributed by atoms with Crippen molar-refractivity contribution in [2.75, 3.05) is 0 Å². The van der Waals surface area contributed by atoms with E-state index >= 15 is 0 Å². The summed E-state index contributed by atoms with van der Waals surface area (Å²) in [5, 5.41) is 12.2. The van der Waals surface area contributed by atoms with Crippen molar-refractivity contribution in [3.63, 3.8) is 0 Å². The Hall–Kier alpha value is -0.414. The van der Waals surface area contributed by atoms with Crippen LogP contribution in [0.5, 0.6) is 17.2 Å². The number of para-hydroxylation sites is 1. The van der Waals surface area contributed by atoms with Crippen molar-refractivity contribution in [3.8, 4) is 17.2 Å². The second-order valence-corrected chi connectivity index (χ2v) is 9.83. The third-order valence-electron chi connectivity index (χ3n) is 5.68. The van der Waals surface area contributed by atoms with Crippen LogP contribution in [0.1, 0.15) is 89.5 Å². The molecule has 0 bridgehead atoms. The summed E-state index contributed by atoms with van der Waals surface area (Å²) in [6, 6.07) is 11.5. The van der Waals surface area contributed by atoms with Gasteiger partial charge in [0.2, 0.25) is 0 Å². The standard InChI is InChI=1S/C26H38O5S.K/c1-2-3-4-5-6-7-8-9-10-11-12-14-17-22-20-26(32(28,29)30)24(27)21-25(22)31-23-18-15-13-16-19-23;/h13,15-16,18-21,27H,2-12,14,17H2,1H3,(H,28,29,30);/q;+1/p-1. The zero-order chi connectivity index (χ0) is 23.2. The normalized spacial score (nSPS) is 11.2. The quantitative estimate of drug-likeness (QED) is 0.213. The molecule has 178 valence electrons. The maximum absolute atomic E-state index is 12.2. The van der Waals surface area contributed by atoms with Crippen LogP contribution in [0.3, 0.4) is 0 Å². The van der Waals surface area contributed by atoms with Crippen LogP contribution in [0.4, 0.5) is 0 Å². The average molecular weight is 501 g/mol. The number of benzene rings is 2. The molecule has 0 saturated heterocycles. The smallest absolute Gasteiger partial charge is 0.871 e. The fourth-order valence-corrected chi connectivity index (χ4v) is 4.45. The minimum Gasteiger partial charge on any atom is -0.871 e. The largest absolute Gasteiger partial charge is 1.00 e. The molecule has 0 unspecified atom stereocenters. The van der Waals surface area contributed by atoms with E-state index in [0.717, 1.165) is 25.3 Å². The van der Waals surface area contributed by atoms with Gasteiger partial charge in [0, 0.05) is 0 Å². The van der Waals surface area contributed by atoms with Gasteiger partial charge < -0.3 is 9.84 Å². The van der Waals surface area contributed by atoms with E-state index in [9.17, 15) is 18.1 Å². The summed E-state index contributed by atoms with van der Waals surface area (Å²) in [4.78, 5) is -0.591. The fourth-order valence-electron chi connectivity index (χ4n) is 3.85. The molecule has 1 N–H and O–H groups in total. The van der Waals surface area contributed by atoms with Gasteiger partial charge in [0.1, 0.15) is 11.5 Å². The molecule has 0 spiro atoms. The maximum atomic E-state index is 12.2. The van der Waals surface area contributed by atoms with E-state index in [0.29, 0.717) is 23.5 Å². The monoisotopic (exact) mass is 500 g/mol. The van der Waals surface area contributed by atoms with Crippen LogP contribution in [-0.2, 0) is 16.5 Å². The van der Waals surface area contributed by atoms with Crippen molar-refractivity contribution in [3.05, 3.63) is 48.0 Å². The van der Waals surface area contributed by atoms with Gasteiger partial charge in [-0.25, -0.2) is 0 Å². The molecular weight excluding hydrogens is 463 g/mol. The Morgan fingerprint density at radius 2 is 1.33 bits per heavy atom. The first-order valence-corrected chi connectivity index (χ1v) is 13.4. The molecule has 7 heteroatoms. The molecule has 0 fully saturated rings. The van der Waals surface area contributed by atoms with E-state index in [1.807, 2.05) is 18.2 Å². The van der Waals surface area contributed by atoms with Crippen LogP contribution < -0.4 is 61.2 Å². The summed E-state index contributed by atoms with van der Waals surface area (Å²) in [7, 11) is -4.57. The van der Waals surface area contributed by atoms with Gasteiger partial charge in [-0.15, -0.1) is 0 Å². The molecule has 0 atom stereocenters. The first-order valence-electron chi connectivity index (χ1n) is 12.0. The number of hydrogen-bond acceptors (Lipinski definition) is 4. The molecule has 0 radical (unpaired) electrons. The minimum absolute atomic E-state index is 0. The molecule has 2 aromatic rings. The molecule has 5 nitrogen and oxygen atoms in total. The van der Waals surface area contributed by atoms with Gasteiger partial charge in [-0.3, -0.25) is 4.55 Å². The molecule has 0 heterocycles.